The van der Waals surface area contributed by atoms with Gasteiger partial charge in [0.1, 0.15) is 5.75 Å². The number of rotatable bonds is 4. The number of aryl methyl sites for hydroxylation is 2. The Bertz CT molecular complexity index is 926. The van der Waals surface area contributed by atoms with Crippen LogP contribution in [0.5, 0.6) is 5.75 Å². The summed E-state index contributed by atoms with van der Waals surface area (Å²) in [6.45, 7) is 1.92. The van der Waals surface area contributed by atoms with Gasteiger partial charge >= 0.3 is 5.97 Å². The third-order valence-corrected chi connectivity index (χ3v) is 3.95. The van der Waals surface area contributed by atoms with Crippen LogP contribution in [0.25, 0.3) is 5.69 Å². The lowest BCUT2D eigenvalue weighted by atomic mass is 10.1. The van der Waals surface area contributed by atoms with Crippen LogP contribution in [0.4, 0.5) is 0 Å². The molecule has 1 aromatic heterocycles. The van der Waals surface area contributed by atoms with Crippen molar-refractivity contribution in [1.29, 1.82) is 0 Å². The van der Waals surface area contributed by atoms with Crippen LogP contribution < -0.4 is 5.56 Å². The van der Waals surface area contributed by atoms with Crippen LogP contribution in [0.15, 0.2) is 65.5 Å². The van der Waals surface area contributed by atoms with Gasteiger partial charge < -0.3 is 10.2 Å². The van der Waals surface area contributed by atoms with Crippen molar-refractivity contribution >= 4 is 5.97 Å². The number of carbonyl (C=O) groups is 1. The Morgan fingerprint density at radius 3 is 2.19 bits per heavy atom. The summed E-state index contributed by atoms with van der Waals surface area (Å²) in [5.41, 5.74) is 2.54. The molecule has 2 aromatic carbocycles. The standard InChI is InChI=1S/C11H12N2O.C9H10O3/c1-9-8-11(14)13(12(9)2)10-6-4-3-5-7-10;10-8-4-2-1-3-7(8)5-6-9(11)12/h3-8H,1-2H3;1-4,10H,5-6H2,(H,11,12). The van der Waals surface area contributed by atoms with Gasteiger partial charge in [0.05, 0.1) is 5.69 Å². The molecule has 0 saturated carbocycles. The molecule has 3 rings (SSSR count). The third-order valence-electron chi connectivity index (χ3n) is 3.95. The largest absolute Gasteiger partial charge is 0.508 e. The molecule has 136 valence electrons. The van der Waals surface area contributed by atoms with Gasteiger partial charge in [-0.1, -0.05) is 36.4 Å². The minimum atomic E-state index is -0.849. The fraction of sp³-hybridized carbons (Fsp3) is 0.200. The van der Waals surface area contributed by atoms with Crippen molar-refractivity contribution < 1.29 is 15.0 Å². The number of para-hydroxylation sites is 2. The number of aromatic hydroxyl groups is 1. The first kappa shape index (κ1) is 19.1. The Morgan fingerprint density at radius 2 is 1.65 bits per heavy atom. The Kier molecular flexibility index (Phi) is 6.38. The molecular formula is C20H22N2O4. The number of benzene rings is 2. The zero-order valence-electron chi connectivity index (χ0n) is 14.8. The van der Waals surface area contributed by atoms with Crippen LogP contribution in [-0.4, -0.2) is 25.5 Å². The highest BCUT2D eigenvalue weighted by atomic mass is 16.4. The molecule has 6 nitrogen and oxygen atoms in total. The first-order valence-corrected chi connectivity index (χ1v) is 8.20. The molecule has 1 heterocycles. The van der Waals surface area contributed by atoms with Crippen molar-refractivity contribution in [3.8, 4) is 11.4 Å². The number of aliphatic carboxylic acids is 1. The van der Waals surface area contributed by atoms with Crippen molar-refractivity contribution in [2.45, 2.75) is 19.8 Å². The number of hydrogen-bond acceptors (Lipinski definition) is 3. The Hall–Kier alpha value is -3.28. The van der Waals surface area contributed by atoms with E-state index >= 15 is 0 Å². The average Bonchev–Trinajstić information content (AvgIpc) is 2.87. The monoisotopic (exact) mass is 354 g/mol. The van der Waals surface area contributed by atoms with E-state index in [1.807, 2.05) is 49.0 Å². The number of nitrogens with zero attached hydrogens (tertiary/aromatic N) is 2. The maximum absolute atomic E-state index is 11.6. The minimum absolute atomic E-state index is 0.0104. The molecule has 0 aliphatic heterocycles. The number of aromatic nitrogens is 2. The molecule has 0 atom stereocenters. The van der Waals surface area contributed by atoms with Gasteiger partial charge in [-0.05, 0) is 37.1 Å². The molecule has 0 bridgehead atoms. The minimum Gasteiger partial charge on any atom is -0.508 e. The highest BCUT2D eigenvalue weighted by molar-refractivity contribution is 5.67. The Labute approximate surface area is 151 Å². The van der Waals surface area contributed by atoms with Crippen LogP contribution >= 0.6 is 0 Å². The maximum atomic E-state index is 11.6. The van der Waals surface area contributed by atoms with E-state index in [9.17, 15) is 14.7 Å². The number of hydrogen-bond donors (Lipinski definition) is 2. The predicted octanol–water partition coefficient (Wildman–Crippen LogP) is 2.89. The molecule has 0 saturated heterocycles. The lowest BCUT2D eigenvalue weighted by Crippen LogP contribution is -2.18. The summed E-state index contributed by atoms with van der Waals surface area (Å²) in [7, 11) is 1.88. The summed E-state index contributed by atoms with van der Waals surface area (Å²) in [5.74, 6) is -0.683. The van der Waals surface area contributed by atoms with Crippen molar-refractivity contribution in [2.24, 2.45) is 7.05 Å². The van der Waals surface area contributed by atoms with Gasteiger partial charge in [0, 0.05) is 25.2 Å². The van der Waals surface area contributed by atoms with Crippen LogP contribution in [-0.2, 0) is 18.3 Å². The molecular weight excluding hydrogens is 332 g/mol. The highest BCUT2D eigenvalue weighted by Crippen LogP contribution is 2.16. The SMILES string of the molecule is Cc1cc(=O)n(-c2ccccc2)n1C.O=C(O)CCc1ccccc1O. The van der Waals surface area contributed by atoms with Crippen molar-refractivity contribution in [3.63, 3.8) is 0 Å². The van der Waals surface area contributed by atoms with Crippen LogP contribution in [0.2, 0.25) is 0 Å². The number of phenolic OH excluding ortho intramolecular Hbond substituents is 1. The summed E-state index contributed by atoms with van der Waals surface area (Å²) < 4.78 is 3.49. The number of carboxylic acid groups (broad SMARTS) is 1. The molecule has 0 radical (unpaired) electrons. The Morgan fingerprint density at radius 1 is 1.04 bits per heavy atom. The summed E-state index contributed by atoms with van der Waals surface area (Å²) in [6, 6.07) is 18.0. The number of carboxylic acids is 1. The Balaban J connectivity index is 0.000000190. The zero-order chi connectivity index (χ0) is 19.1. The fourth-order valence-corrected chi connectivity index (χ4v) is 2.47. The van der Waals surface area contributed by atoms with Crippen molar-refractivity contribution in [1.82, 2.24) is 9.36 Å². The van der Waals surface area contributed by atoms with Gasteiger partial charge in [-0.25, -0.2) is 4.68 Å². The van der Waals surface area contributed by atoms with Gasteiger partial charge in [0.15, 0.2) is 0 Å². The molecule has 0 amide bonds. The molecule has 3 aromatic rings. The van der Waals surface area contributed by atoms with Crippen LogP contribution in [0.3, 0.4) is 0 Å². The summed E-state index contributed by atoms with van der Waals surface area (Å²) in [6.07, 6.45) is 0.430. The quantitative estimate of drug-likeness (QED) is 0.754. The second-order valence-electron chi connectivity index (χ2n) is 5.82. The van der Waals surface area contributed by atoms with Crippen LogP contribution in [0.1, 0.15) is 17.7 Å². The van der Waals surface area contributed by atoms with E-state index in [1.54, 1.807) is 35.0 Å². The topological polar surface area (TPSA) is 84.5 Å². The van der Waals surface area contributed by atoms with E-state index in [0.717, 1.165) is 11.4 Å². The molecule has 0 aliphatic carbocycles. The molecule has 0 unspecified atom stereocenters. The van der Waals surface area contributed by atoms with Gasteiger partial charge in [0.2, 0.25) is 0 Å². The molecule has 26 heavy (non-hydrogen) atoms. The van der Waals surface area contributed by atoms with Crippen molar-refractivity contribution in [2.75, 3.05) is 0 Å². The van der Waals surface area contributed by atoms with E-state index in [0.29, 0.717) is 12.0 Å². The second kappa shape index (κ2) is 8.71. The van der Waals surface area contributed by atoms with E-state index < -0.39 is 5.97 Å². The first-order valence-electron chi connectivity index (χ1n) is 8.20. The molecule has 0 spiro atoms. The van der Waals surface area contributed by atoms with Gasteiger partial charge in [-0.2, -0.15) is 0 Å². The second-order valence-corrected chi connectivity index (χ2v) is 5.82. The zero-order valence-corrected chi connectivity index (χ0v) is 14.8. The van der Waals surface area contributed by atoms with E-state index in [4.69, 9.17) is 5.11 Å². The average molecular weight is 354 g/mol. The third kappa shape index (κ3) is 4.86. The smallest absolute Gasteiger partial charge is 0.303 e. The normalized spacial score (nSPS) is 10.1. The molecule has 2 N–H and O–H groups in total. The van der Waals surface area contributed by atoms with Gasteiger partial charge in [-0.15, -0.1) is 0 Å². The summed E-state index contributed by atoms with van der Waals surface area (Å²) in [4.78, 5) is 21.8. The van der Waals surface area contributed by atoms with E-state index in [2.05, 4.69) is 0 Å². The molecule has 6 heteroatoms. The number of phenols is 1. The fourth-order valence-electron chi connectivity index (χ4n) is 2.47. The van der Waals surface area contributed by atoms with E-state index in [1.165, 1.54) is 0 Å². The molecule has 0 fully saturated rings. The van der Waals surface area contributed by atoms with E-state index in [-0.39, 0.29) is 17.7 Å². The lowest BCUT2D eigenvalue weighted by molar-refractivity contribution is -0.136. The van der Waals surface area contributed by atoms with Gasteiger partial charge in [0.25, 0.3) is 5.56 Å². The first-order chi connectivity index (χ1) is 12.4. The lowest BCUT2D eigenvalue weighted by Gasteiger charge is -2.07. The van der Waals surface area contributed by atoms with Gasteiger partial charge in [-0.3, -0.25) is 14.3 Å². The predicted molar refractivity (Wildman–Crippen MR) is 99.8 cm³/mol. The highest BCUT2D eigenvalue weighted by Gasteiger charge is 2.05. The summed E-state index contributed by atoms with van der Waals surface area (Å²) >= 11 is 0. The maximum Gasteiger partial charge on any atom is 0.303 e. The van der Waals surface area contributed by atoms with Crippen molar-refractivity contribution in [3.05, 3.63) is 82.3 Å². The molecule has 0 aliphatic rings. The van der Waals surface area contributed by atoms with Crippen LogP contribution in [0, 0.1) is 6.92 Å². The summed E-state index contributed by atoms with van der Waals surface area (Å²) in [5, 5.41) is 17.6.